The average Bonchev–Trinajstić information content (AvgIpc) is 2.98. The Kier molecular flexibility index (Phi) is 4.90. The van der Waals surface area contributed by atoms with Gasteiger partial charge in [0.05, 0.1) is 6.54 Å². The van der Waals surface area contributed by atoms with Crippen LogP contribution in [-0.2, 0) is 12.3 Å². The molecule has 2 aromatic heterocycles. The normalized spacial score (nSPS) is 11.1. The van der Waals surface area contributed by atoms with Crippen LogP contribution in [-0.4, -0.2) is 19.5 Å². The van der Waals surface area contributed by atoms with Crippen LogP contribution in [0.3, 0.4) is 0 Å². The van der Waals surface area contributed by atoms with Crippen molar-refractivity contribution in [1.29, 1.82) is 0 Å². The van der Waals surface area contributed by atoms with E-state index < -0.39 is 0 Å². The first-order valence-corrected chi connectivity index (χ1v) is 9.88. The van der Waals surface area contributed by atoms with E-state index in [0.29, 0.717) is 27.8 Å². The maximum Gasteiger partial charge on any atom is 0.191 e. The van der Waals surface area contributed by atoms with Crippen LogP contribution in [0.1, 0.15) is 11.1 Å². The Labute approximate surface area is 163 Å². The Morgan fingerprint density at radius 2 is 1.54 bits per heavy atom. The van der Waals surface area contributed by atoms with Crippen LogP contribution in [0.5, 0.6) is 0 Å². The summed E-state index contributed by atoms with van der Waals surface area (Å²) >= 11 is 5.09. The van der Waals surface area contributed by atoms with Gasteiger partial charge in [-0.2, -0.15) is 0 Å². The van der Waals surface area contributed by atoms with Gasteiger partial charge in [-0.25, -0.2) is 15.0 Å². The van der Waals surface area contributed by atoms with Crippen LogP contribution in [0.2, 0.25) is 0 Å². The first-order chi connectivity index (χ1) is 12.7. The van der Waals surface area contributed by atoms with Gasteiger partial charge in [0.1, 0.15) is 0 Å². The van der Waals surface area contributed by atoms with Crippen molar-refractivity contribution < 1.29 is 0 Å². The van der Waals surface area contributed by atoms with E-state index in [1.165, 1.54) is 11.1 Å². The van der Waals surface area contributed by atoms with Gasteiger partial charge in [-0.15, -0.1) is 0 Å². The summed E-state index contributed by atoms with van der Waals surface area (Å²) in [5, 5.41) is 0.653. The van der Waals surface area contributed by atoms with Crippen LogP contribution in [0, 0.1) is 0 Å². The molecule has 0 saturated heterocycles. The zero-order chi connectivity index (χ0) is 17.9. The van der Waals surface area contributed by atoms with Crippen molar-refractivity contribution in [1.82, 2.24) is 19.5 Å². The molecule has 0 atom stereocenters. The molecule has 0 bridgehead atoms. The van der Waals surface area contributed by atoms with E-state index in [1.807, 2.05) is 41.0 Å². The van der Waals surface area contributed by atoms with Gasteiger partial charge in [0, 0.05) is 5.75 Å². The predicted molar refractivity (Wildman–Crippen MR) is 109 cm³/mol. The summed E-state index contributed by atoms with van der Waals surface area (Å²) < 4.78 is 2.71. The van der Waals surface area contributed by atoms with Gasteiger partial charge in [0.2, 0.25) is 0 Å². The van der Waals surface area contributed by atoms with Crippen molar-refractivity contribution in [2.24, 2.45) is 0 Å². The van der Waals surface area contributed by atoms with Crippen molar-refractivity contribution in [3.63, 3.8) is 0 Å². The predicted octanol–water partition coefficient (Wildman–Crippen LogP) is 4.51. The second-order valence-corrected chi connectivity index (χ2v) is 7.44. The fourth-order valence-electron chi connectivity index (χ4n) is 2.67. The largest absolute Gasteiger partial charge is 0.382 e. The molecule has 0 aliphatic heterocycles. The molecule has 0 spiro atoms. The second kappa shape index (κ2) is 7.47. The summed E-state index contributed by atoms with van der Waals surface area (Å²) in [4.78, 5) is 13.6. The highest BCUT2D eigenvalue weighted by Crippen LogP contribution is 2.27. The Hall–Kier alpha value is -2.38. The molecule has 4 aromatic rings. The lowest BCUT2D eigenvalue weighted by Gasteiger charge is -2.07. The highest BCUT2D eigenvalue weighted by molar-refractivity contribution is 9.10. The molecule has 130 valence electrons. The lowest BCUT2D eigenvalue weighted by Crippen LogP contribution is -2.03. The molecule has 2 N–H and O–H groups in total. The van der Waals surface area contributed by atoms with Crippen molar-refractivity contribution in [3.8, 4) is 0 Å². The SMILES string of the molecule is Nc1nc(SCc2ccccc2)nc2c1nc(Br)n2Cc1ccccc1. The maximum absolute atomic E-state index is 6.14. The third-order valence-corrected chi connectivity index (χ3v) is 5.47. The molecule has 0 aliphatic rings. The highest BCUT2D eigenvalue weighted by Gasteiger charge is 2.16. The molecule has 0 unspecified atom stereocenters. The zero-order valence-electron chi connectivity index (χ0n) is 13.8. The topological polar surface area (TPSA) is 69.6 Å². The van der Waals surface area contributed by atoms with Gasteiger partial charge >= 0.3 is 0 Å². The molecule has 7 heteroatoms. The number of anilines is 1. The molecule has 0 amide bonds. The van der Waals surface area contributed by atoms with Crippen LogP contribution in [0.25, 0.3) is 11.2 Å². The molecule has 2 heterocycles. The van der Waals surface area contributed by atoms with Gasteiger partial charge in [0.15, 0.2) is 26.9 Å². The molecular weight excluding hydrogens is 410 g/mol. The number of halogens is 1. The number of nitrogens with two attached hydrogens (primary N) is 1. The Morgan fingerprint density at radius 1 is 0.885 bits per heavy atom. The Balaban J connectivity index is 1.67. The monoisotopic (exact) mass is 425 g/mol. The van der Waals surface area contributed by atoms with Crippen LogP contribution in [0.15, 0.2) is 70.6 Å². The zero-order valence-corrected chi connectivity index (χ0v) is 16.2. The number of thioether (sulfide) groups is 1. The molecule has 26 heavy (non-hydrogen) atoms. The van der Waals surface area contributed by atoms with Crippen molar-refractivity contribution >= 4 is 44.7 Å². The third-order valence-electron chi connectivity index (χ3n) is 3.95. The lowest BCUT2D eigenvalue weighted by molar-refractivity contribution is 0.783. The third kappa shape index (κ3) is 3.59. The number of aromatic nitrogens is 4. The highest BCUT2D eigenvalue weighted by atomic mass is 79.9. The van der Waals surface area contributed by atoms with E-state index >= 15 is 0 Å². The first-order valence-electron chi connectivity index (χ1n) is 8.10. The molecule has 0 fully saturated rings. The average molecular weight is 426 g/mol. The molecule has 0 saturated carbocycles. The minimum atomic E-state index is 0.401. The van der Waals surface area contributed by atoms with Gasteiger partial charge < -0.3 is 5.73 Å². The van der Waals surface area contributed by atoms with Crippen LogP contribution < -0.4 is 5.73 Å². The Bertz CT molecular complexity index is 1030. The minimum absolute atomic E-state index is 0.401. The van der Waals surface area contributed by atoms with Crippen molar-refractivity contribution in [3.05, 3.63) is 76.5 Å². The molecular formula is C19H16BrN5S. The molecule has 0 aliphatic carbocycles. The first kappa shape index (κ1) is 17.1. The molecule has 4 rings (SSSR count). The van der Waals surface area contributed by atoms with Gasteiger partial charge in [-0.1, -0.05) is 72.4 Å². The quantitative estimate of drug-likeness (QED) is 0.289. The standard InChI is InChI=1S/C19H16BrN5S/c20-18-22-15-16(21)23-19(26-12-14-9-5-2-6-10-14)24-17(15)25(18)11-13-7-3-1-4-8-13/h1-10H,11-12H2,(H2,21,23,24). The number of fused-ring (bicyclic) bond motifs is 1. The summed E-state index contributed by atoms with van der Waals surface area (Å²) in [5.74, 6) is 1.19. The number of nitrogen functional groups attached to an aromatic ring is 1. The van der Waals surface area contributed by atoms with E-state index in [9.17, 15) is 0 Å². The fraction of sp³-hybridized carbons (Fsp3) is 0.105. The molecule has 5 nitrogen and oxygen atoms in total. The summed E-state index contributed by atoms with van der Waals surface area (Å²) in [5.41, 5.74) is 9.89. The summed E-state index contributed by atoms with van der Waals surface area (Å²) in [6, 6.07) is 20.4. The second-order valence-electron chi connectivity index (χ2n) is 5.79. The van der Waals surface area contributed by atoms with Crippen LogP contribution in [0.4, 0.5) is 5.82 Å². The number of hydrogen-bond acceptors (Lipinski definition) is 5. The Morgan fingerprint density at radius 3 is 2.23 bits per heavy atom. The molecule has 2 aromatic carbocycles. The number of imidazole rings is 1. The molecule has 0 radical (unpaired) electrons. The number of nitrogens with zero attached hydrogens (tertiary/aromatic N) is 4. The number of rotatable bonds is 5. The van der Waals surface area contributed by atoms with Crippen molar-refractivity contribution in [2.45, 2.75) is 17.5 Å². The maximum atomic E-state index is 6.14. The van der Waals surface area contributed by atoms with Gasteiger partial charge in [0.25, 0.3) is 0 Å². The van der Waals surface area contributed by atoms with Crippen LogP contribution >= 0.6 is 27.7 Å². The summed E-state index contributed by atoms with van der Waals surface area (Å²) in [7, 11) is 0. The fourth-order valence-corrected chi connectivity index (χ4v) is 3.94. The van der Waals surface area contributed by atoms with Gasteiger partial charge in [-0.3, -0.25) is 4.57 Å². The van der Waals surface area contributed by atoms with Crippen molar-refractivity contribution in [2.75, 3.05) is 5.73 Å². The smallest absolute Gasteiger partial charge is 0.191 e. The summed E-state index contributed by atoms with van der Waals surface area (Å²) in [6.45, 7) is 0.664. The van der Waals surface area contributed by atoms with E-state index in [4.69, 9.17) is 10.7 Å². The van der Waals surface area contributed by atoms with E-state index in [0.717, 1.165) is 11.4 Å². The van der Waals surface area contributed by atoms with E-state index in [2.05, 4.69) is 50.2 Å². The van der Waals surface area contributed by atoms with E-state index in [-0.39, 0.29) is 0 Å². The summed E-state index contributed by atoms with van der Waals surface area (Å²) in [6.07, 6.45) is 0. The lowest BCUT2D eigenvalue weighted by atomic mass is 10.2. The van der Waals surface area contributed by atoms with E-state index in [1.54, 1.807) is 11.8 Å². The number of benzene rings is 2. The van der Waals surface area contributed by atoms with Gasteiger partial charge in [-0.05, 0) is 27.1 Å². The minimum Gasteiger partial charge on any atom is -0.382 e. The number of hydrogen-bond donors (Lipinski definition) is 1.